The van der Waals surface area contributed by atoms with Crippen molar-refractivity contribution < 1.29 is 0 Å². The van der Waals surface area contributed by atoms with E-state index in [1.807, 2.05) is 12.3 Å². The van der Waals surface area contributed by atoms with Crippen LogP contribution in [0.25, 0.3) is 11.4 Å². The molecular weight excluding hydrogens is 260 g/mol. The van der Waals surface area contributed by atoms with Gasteiger partial charge < -0.3 is 4.90 Å². The summed E-state index contributed by atoms with van der Waals surface area (Å²) in [6.07, 6.45) is 5.12. The molecule has 0 atom stereocenters. The van der Waals surface area contributed by atoms with E-state index < -0.39 is 0 Å². The summed E-state index contributed by atoms with van der Waals surface area (Å²) in [5.74, 6) is 0. The second-order valence-corrected chi connectivity index (χ2v) is 6.02. The molecule has 0 saturated heterocycles. The van der Waals surface area contributed by atoms with Crippen molar-refractivity contribution in [2.45, 2.75) is 39.3 Å². The molecule has 0 spiro atoms. The molecule has 0 saturated carbocycles. The van der Waals surface area contributed by atoms with Gasteiger partial charge in [0.2, 0.25) is 0 Å². The number of hydrogen-bond acceptors (Lipinski definition) is 3. The monoisotopic (exact) mass is 280 g/mol. The zero-order chi connectivity index (χ0) is 14.4. The molecule has 0 aromatic carbocycles. The summed E-state index contributed by atoms with van der Waals surface area (Å²) < 4.78 is 2.19. The fraction of sp³-hybridized carbons (Fsp3) is 0.412. The highest BCUT2D eigenvalue weighted by molar-refractivity contribution is 5.65. The number of aromatic nitrogens is 3. The number of fused-ring (bicyclic) bond motifs is 5. The van der Waals surface area contributed by atoms with Crippen LogP contribution >= 0.6 is 0 Å². The van der Waals surface area contributed by atoms with Crippen LogP contribution in [0.4, 0.5) is 0 Å². The Morgan fingerprint density at radius 3 is 3.05 bits per heavy atom. The van der Waals surface area contributed by atoms with Crippen LogP contribution in [0.2, 0.25) is 0 Å². The molecule has 2 aromatic rings. The quantitative estimate of drug-likeness (QED) is 0.805. The Hall–Kier alpha value is -2.10. The lowest BCUT2D eigenvalue weighted by Crippen LogP contribution is -2.28. The Balaban J connectivity index is 1.88. The van der Waals surface area contributed by atoms with Gasteiger partial charge in [-0.25, -0.2) is 0 Å². The van der Waals surface area contributed by atoms with Gasteiger partial charge in [-0.2, -0.15) is 5.10 Å². The van der Waals surface area contributed by atoms with Crippen molar-refractivity contribution in [2.75, 3.05) is 6.54 Å². The van der Waals surface area contributed by atoms with Gasteiger partial charge in [0.1, 0.15) is 0 Å². The molecule has 0 radical (unpaired) electrons. The molecule has 4 heteroatoms. The first-order valence-electron chi connectivity index (χ1n) is 7.67. The Kier molecular flexibility index (Phi) is 2.84. The summed E-state index contributed by atoms with van der Waals surface area (Å²) in [5.41, 5.74) is 7.46. The Labute approximate surface area is 125 Å². The van der Waals surface area contributed by atoms with Crippen LogP contribution in [0.1, 0.15) is 30.2 Å². The van der Waals surface area contributed by atoms with Crippen molar-refractivity contribution in [1.82, 2.24) is 19.7 Å². The van der Waals surface area contributed by atoms with E-state index >= 15 is 0 Å². The maximum atomic E-state index is 4.86. The summed E-state index contributed by atoms with van der Waals surface area (Å²) in [5, 5.41) is 4.86. The molecule has 4 heterocycles. The van der Waals surface area contributed by atoms with Crippen LogP contribution in [-0.4, -0.2) is 26.2 Å². The number of allylic oxidation sites excluding steroid dienone is 1. The normalized spacial score (nSPS) is 16.7. The highest BCUT2D eigenvalue weighted by Crippen LogP contribution is 2.34. The molecule has 4 nitrogen and oxygen atoms in total. The average Bonchev–Trinajstić information content (AvgIpc) is 2.74. The largest absolute Gasteiger partial charge is 0.371 e. The van der Waals surface area contributed by atoms with Gasteiger partial charge in [0.15, 0.2) is 0 Å². The minimum absolute atomic E-state index is 0.913. The summed E-state index contributed by atoms with van der Waals surface area (Å²) in [6, 6.07) is 4.24. The van der Waals surface area contributed by atoms with Gasteiger partial charge in [0.05, 0.1) is 17.1 Å². The fourth-order valence-electron chi connectivity index (χ4n) is 3.45. The fourth-order valence-corrected chi connectivity index (χ4v) is 3.45. The predicted octanol–water partition coefficient (Wildman–Crippen LogP) is 2.78. The Morgan fingerprint density at radius 1 is 1.29 bits per heavy atom. The maximum Gasteiger partial charge on any atom is 0.0922 e. The molecule has 0 bridgehead atoms. The van der Waals surface area contributed by atoms with Crippen LogP contribution in [0.3, 0.4) is 0 Å². The van der Waals surface area contributed by atoms with Gasteiger partial charge in [-0.15, -0.1) is 0 Å². The maximum absolute atomic E-state index is 4.86. The second kappa shape index (κ2) is 4.72. The first-order valence-corrected chi connectivity index (χ1v) is 7.67. The van der Waals surface area contributed by atoms with Gasteiger partial charge in [-0.1, -0.05) is 12.6 Å². The van der Waals surface area contributed by atoms with Crippen molar-refractivity contribution in [3.63, 3.8) is 0 Å². The van der Waals surface area contributed by atoms with Gasteiger partial charge in [0, 0.05) is 43.5 Å². The molecule has 21 heavy (non-hydrogen) atoms. The molecule has 4 rings (SSSR count). The zero-order valence-electron chi connectivity index (χ0n) is 12.5. The van der Waals surface area contributed by atoms with E-state index in [0.717, 1.165) is 50.3 Å². The van der Waals surface area contributed by atoms with E-state index in [0.29, 0.717) is 0 Å². The summed E-state index contributed by atoms with van der Waals surface area (Å²) >= 11 is 0. The second-order valence-electron chi connectivity index (χ2n) is 6.02. The van der Waals surface area contributed by atoms with E-state index in [-0.39, 0.29) is 0 Å². The van der Waals surface area contributed by atoms with Gasteiger partial charge in [-0.05, 0) is 31.4 Å². The summed E-state index contributed by atoms with van der Waals surface area (Å²) in [4.78, 5) is 7.01. The molecule has 2 aliphatic heterocycles. The number of nitrogens with zero attached hydrogens (tertiary/aromatic N) is 4. The van der Waals surface area contributed by atoms with Crippen LogP contribution in [0.5, 0.6) is 0 Å². The molecule has 0 N–H and O–H groups in total. The highest BCUT2D eigenvalue weighted by atomic mass is 15.3. The first kappa shape index (κ1) is 12.6. The van der Waals surface area contributed by atoms with Gasteiger partial charge in [-0.3, -0.25) is 9.67 Å². The van der Waals surface area contributed by atoms with E-state index in [1.54, 1.807) is 0 Å². The molecule has 108 valence electrons. The summed E-state index contributed by atoms with van der Waals surface area (Å²) in [6.45, 7) is 9.10. The minimum atomic E-state index is 0.913. The average molecular weight is 280 g/mol. The lowest BCUT2D eigenvalue weighted by atomic mass is 10.00. The van der Waals surface area contributed by atoms with Crippen molar-refractivity contribution in [3.8, 4) is 11.4 Å². The number of pyridine rings is 1. The highest BCUT2D eigenvalue weighted by Gasteiger charge is 2.28. The Bertz CT molecular complexity index is 714. The van der Waals surface area contributed by atoms with Gasteiger partial charge in [0.25, 0.3) is 0 Å². The topological polar surface area (TPSA) is 34.0 Å². The first-order chi connectivity index (χ1) is 10.2. The third-order valence-electron chi connectivity index (χ3n) is 4.57. The minimum Gasteiger partial charge on any atom is -0.371 e. The van der Waals surface area contributed by atoms with E-state index in [4.69, 9.17) is 5.10 Å². The molecular formula is C17H20N4. The van der Waals surface area contributed by atoms with Crippen LogP contribution in [0, 0.1) is 0 Å². The van der Waals surface area contributed by atoms with Crippen molar-refractivity contribution in [2.24, 2.45) is 0 Å². The van der Waals surface area contributed by atoms with Crippen LogP contribution in [0.15, 0.2) is 30.6 Å². The smallest absolute Gasteiger partial charge is 0.0922 e. The molecule has 0 unspecified atom stereocenters. The third kappa shape index (κ3) is 1.97. The van der Waals surface area contributed by atoms with Crippen LogP contribution in [-0.2, 0) is 25.9 Å². The molecule has 0 fully saturated rings. The number of aryl methyl sites for hydroxylation is 2. The SMILES string of the molecule is C=C(C)N1CCc2nn3c(c2C1)-c1ncccc1CCC3. The predicted molar refractivity (Wildman–Crippen MR) is 82.7 cm³/mol. The van der Waals surface area contributed by atoms with E-state index in [1.165, 1.54) is 22.5 Å². The third-order valence-corrected chi connectivity index (χ3v) is 4.57. The van der Waals surface area contributed by atoms with Crippen molar-refractivity contribution in [1.29, 1.82) is 0 Å². The van der Waals surface area contributed by atoms with Crippen molar-refractivity contribution >= 4 is 0 Å². The van der Waals surface area contributed by atoms with Crippen LogP contribution < -0.4 is 0 Å². The number of rotatable bonds is 1. The lowest BCUT2D eigenvalue weighted by Gasteiger charge is -2.28. The zero-order valence-corrected chi connectivity index (χ0v) is 12.5. The molecule has 2 aliphatic rings. The summed E-state index contributed by atoms with van der Waals surface area (Å²) in [7, 11) is 0. The molecule has 0 aliphatic carbocycles. The van der Waals surface area contributed by atoms with Gasteiger partial charge >= 0.3 is 0 Å². The van der Waals surface area contributed by atoms with Crippen molar-refractivity contribution in [3.05, 3.63) is 47.4 Å². The number of hydrogen-bond donors (Lipinski definition) is 0. The lowest BCUT2D eigenvalue weighted by molar-refractivity contribution is 0.323. The Morgan fingerprint density at radius 2 is 2.19 bits per heavy atom. The standard InChI is InChI=1S/C17H20N4/c1-12(2)20-10-7-15-14(11-20)17-16-13(5-3-8-18-16)6-4-9-21(17)19-15/h3,5,8H,1,4,6-7,9-11H2,2H3. The molecule has 2 aromatic heterocycles. The van der Waals surface area contributed by atoms with E-state index in [2.05, 4.69) is 34.1 Å². The van der Waals surface area contributed by atoms with E-state index in [9.17, 15) is 0 Å². The molecule has 0 amide bonds.